The average molecular weight is 231 g/mol. The van der Waals surface area contributed by atoms with E-state index in [2.05, 4.69) is 0 Å². The summed E-state index contributed by atoms with van der Waals surface area (Å²) in [5, 5.41) is 18.1. The van der Waals surface area contributed by atoms with Crippen LogP contribution in [0.5, 0.6) is 0 Å². The molecule has 0 radical (unpaired) electrons. The third kappa shape index (κ3) is 8.78. The fourth-order valence-electron chi connectivity index (χ4n) is 0.695. The number of rotatable bonds is 8. The van der Waals surface area contributed by atoms with E-state index in [-0.39, 0.29) is 11.8 Å². The van der Waals surface area contributed by atoms with Gasteiger partial charge in [0.1, 0.15) is 0 Å². The number of ether oxygens (including phenoxy) is 1. The fraction of sp³-hybridized carbons (Fsp3) is 1.00. The molecule has 0 aromatic rings. The molecule has 2 N–H and O–H groups in total. The van der Waals surface area contributed by atoms with Gasteiger partial charge in [-0.3, -0.25) is 0 Å². The van der Waals surface area contributed by atoms with Crippen molar-refractivity contribution in [1.29, 1.82) is 0 Å². The van der Waals surface area contributed by atoms with Gasteiger partial charge in [-0.1, -0.05) is 0 Å². The molecule has 0 aliphatic heterocycles. The minimum atomic E-state index is -0.500. The Balaban J connectivity index is 3.08. The molecule has 0 aliphatic rings. The van der Waals surface area contributed by atoms with Gasteiger partial charge in [0, 0.05) is 25.0 Å². The van der Waals surface area contributed by atoms with E-state index < -0.39 is 12.2 Å². The maximum atomic E-state index is 9.03. The molecule has 0 spiro atoms. The van der Waals surface area contributed by atoms with Crippen molar-refractivity contribution in [3.8, 4) is 0 Å². The summed E-state index contributed by atoms with van der Waals surface area (Å²) in [7, 11) is 0. The van der Waals surface area contributed by atoms with E-state index in [0.29, 0.717) is 26.1 Å². The molecular formula is C8H16Cl2O3. The number of alkyl halides is 2. The van der Waals surface area contributed by atoms with Crippen molar-refractivity contribution in [3.63, 3.8) is 0 Å². The number of aliphatic hydroxyl groups is 2. The lowest BCUT2D eigenvalue weighted by Gasteiger charge is -2.09. The Morgan fingerprint density at radius 1 is 0.923 bits per heavy atom. The minimum absolute atomic E-state index is 0.230. The first kappa shape index (κ1) is 13.5. The third-order valence-corrected chi connectivity index (χ3v) is 2.26. The van der Waals surface area contributed by atoms with E-state index in [1.165, 1.54) is 0 Å². The van der Waals surface area contributed by atoms with Gasteiger partial charge in [-0.15, -0.1) is 23.2 Å². The van der Waals surface area contributed by atoms with E-state index >= 15 is 0 Å². The van der Waals surface area contributed by atoms with E-state index in [4.69, 9.17) is 38.2 Å². The van der Waals surface area contributed by atoms with Crippen molar-refractivity contribution >= 4 is 23.2 Å². The summed E-state index contributed by atoms with van der Waals surface area (Å²) >= 11 is 10.7. The van der Waals surface area contributed by atoms with Crippen LogP contribution in [0, 0.1) is 0 Å². The molecule has 0 bridgehead atoms. The molecule has 2 unspecified atom stereocenters. The van der Waals surface area contributed by atoms with Crippen LogP contribution < -0.4 is 0 Å². The fourth-order valence-corrected chi connectivity index (χ4v) is 1.00. The first-order valence-electron chi connectivity index (χ1n) is 4.26. The predicted molar refractivity (Wildman–Crippen MR) is 53.5 cm³/mol. The van der Waals surface area contributed by atoms with Gasteiger partial charge in [-0.05, 0) is 12.8 Å². The van der Waals surface area contributed by atoms with Gasteiger partial charge >= 0.3 is 0 Å². The molecule has 5 heteroatoms. The van der Waals surface area contributed by atoms with Gasteiger partial charge in [0.2, 0.25) is 0 Å². The Bertz CT molecular complexity index is 102. The second kappa shape index (κ2) is 9.03. The van der Waals surface area contributed by atoms with E-state index in [0.717, 1.165) is 0 Å². The van der Waals surface area contributed by atoms with E-state index in [1.54, 1.807) is 0 Å². The van der Waals surface area contributed by atoms with Crippen molar-refractivity contribution in [2.24, 2.45) is 0 Å². The highest BCUT2D eigenvalue weighted by atomic mass is 35.5. The smallest absolute Gasteiger partial charge is 0.0697 e. The maximum Gasteiger partial charge on any atom is 0.0697 e. The molecular weight excluding hydrogens is 215 g/mol. The lowest BCUT2D eigenvalue weighted by molar-refractivity contribution is 0.0673. The van der Waals surface area contributed by atoms with Crippen LogP contribution in [0.15, 0.2) is 0 Å². The van der Waals surface area contributed by atoms with Crippen LogP contribution >= 0.6 is 23.2 Å². The third-order valence-electron chi connectivity index (χ3n) is 1.55. The van der Waals surface area contributed by atoms with Crippen LogP contribution in [-0.4, -0.2) is 47.4 Å². The lowest BCUT2D eigenvalue weighted by Crippen LogP contribution is -2.15. The van der Waals surface area contributed by atoms with Gasteiger partial charge in [-0.25, -0.2) is 0 Å². The number of hydrogen-bond donors (Lipinski definition) is 2. The molecule has 0 aromatic carbocycles. The van der Waals surface area contributed by atoms with Crippen LogP contribution in [0.3, 0.4) is 0 Å². The van der Waals surface area contributed by atoms with Crippen LogP contribution in [0.1, 0.15) is 12.8 Å². The standard InChI is InChI=1S/C8H16Cl2O3/c9-5-7(11)1-3-13-4-2-8(12)6-10/h7-8,11-12H,1-6H2. The van der Waals surface area contributed by atoms with Gasteiger partial charge in [0.05, 0.1) is 12.2 Å². The zero-order valence-electron chi connectivity index (χ0n) is 7.46. The van der Waals surface area contributed by atoms with Crippen LogP contribution in [0.25, 0.3) is 0 Å². The van der Waals surface area contributed by atoms with Crippen molar-refractivity contribution in [2.75, 3.05) is 25.0 Å². The van der Waals surface area contributed by atoms with Gasteiger partial charge in [0.15, 0.2) is 0 Å². The van der Waals surface area contributed by atoms with Gasteiger partial charge < -0.3 is 14.9 Å². The van der Waals surface area contributed by atoms with E-state index in [1.807, 2.05) is 0 Å². The summed E-state index contributed by atoms with van der Waals surface area (Å²) < 4.78 is 5.14. The molecule has 0 saturated carbocycles. The summed E-state index contributed by atoms with van der Waals surface area (Å²) in [6.45, 7) is 0.922. The Kier molecular flexibility index (Phi) is 9.35. The number of halogens is 2. The van der Waals surface area contributed by atoms with Gasteiger partial charge in [0.25, 0.3) is 0 Å². The van der Waals surface area contributed by atoms with Crippen molar-refractivity contribution in [3.05, 3.63) is 0 Å². The molecule has 80 valence electrons. The summed E-state index contributed by atoms with van der Waals surface area (Å²) in [6, 6.07) is 0. The molecule has 0 amide bonds. The minimum Gasteiger partial charge on any atom is -0.392 e. The Morgan fingerprint density at radius 2 is 1.31 bits per heavy atom. The normalized spacial score (nSPS) is 15.7. The molecule has 13 heavy (non-hydrogen) atoms. The topological polar surface area (TPSA) is 49.7 Å². The van der Waals surface area contributed by atoms with Crippen molar-refractivity contribution < 1.29 is 14.9 Å². The average Bonchev–Trinajstić information content (AvgIpc) is 2.16. The highest BCUT2D eigenvalue weighted by molar-refractivity contribution is 6.18. The van der Waals surface area contributed by atoms with Crippen LogP contribution in [0.4, 0.5) is 0 Å². The van der Waals surface area contributed by atoms with Crippen LogP contribution in [-0.2, 0) is 4.74 Å². The first-order chi connectivity index (χ1) is 6.20. The SMILES string of the molecule is OC(CCl)CCOCCC(O)CCl. The Morgan fingerprint density at radius 3 is 1.62 bits per heavy atom. The Labute approximate surface area is 88.6 Å². The second-order valence-corrected chi connectivity index (χ2v) is 3.42. The predicted octanol–water partition coefficient (Wildman–Crippen LogP) is 0.983. The van der Waals surface area contributed by atoms with Crippen LogP contribution in [0.2, 0.25) is 0 Å². The quantitative estimate of drug-likeness (QED) is 0.483. The van der Waals surface area contributed by atoms with Crippen molar-refractivity contribution in [2.45, 2.75) is 25.0 Å². The lowest BCUT2D eigenvalue weighted by atomic mass is 10.3. The summed E-state index contributed by atoms with van der Waals surface area (Å²) in [4.78, 5) is 0. The molecule has 0 rings (SSSR count). The zero-order valence-corrected chi connectivity index (χ0v) is 8.97. The molecule has 0 saturated heterocycles. The summed E-state index contributed by atoms with van der Waals surface area (Å²) in [6.07, 6.45) is 0.0558. The zero-order chi connectivity index (χ0) is 10.1. The molecule has 2 atom stereocenters. The number of aliphatic hydroxyl groups excluding tert-OH is 2. The highest BCUT2D eigenvalue weighted by Crippen LogP contribution is 1.98. The summed E-state index contributed by atoms with van der Waals surface area (Å²) in [5.41, 5.74) is 0. The molecule has 0 fully saturated rings. The van der Waals surface area contributed by atoms with E-state index in [9.17, 15) is 0 Å². The molecule has 3 nitrogen and oxygen atoms in total. The van der Waals surface area contributed by atoms with Crippen molar-refractivity contribution in [1.82, 2.24) is 0 Å². The largest absolute Gasteiger partial charge is 0.392 e. The van der Waals surface area contributed by atoms with Gasteiger partial charge in [-0.2, -0.15) is 0 Å². The maximum absolute atomic E-state index is 9.03. The second-order valence-electron chi connectivity index (χ2n) is 2.81. The first-order valence-corrected chi connectivity index (χ1v) is 5.33. The molecule has 0 aromatic heterocycles. The molecule has 0 heterocycles. The Hall–Kier alpha value is 0.460. The highest BCUT2D eigenvalue weighted by Gasteiger charge is 2.03. The summed E-state index contributed by atoms with van der Waals surface area (Å²) in [5.74, 6) is 0.460. The number of hydrogen-bond acceptors (Lipinski definition) is 3. The monoisotopic (exact) mass is 230 g/mol. The molecule has 0 aliphatic carbocycles.